The molecular formula is C8H17NO. The summed E-state index contributed by atoms with van der Waals surface area (Å²) < 4.78 is 5.46. The van der Waals surface area contributed by atoms with Crippen LogP contribution in [0.3, 0.4) is 0 Å². The summed E-state index contributed by atoms with van der Waals surface area (Å²) in [6.07, 6.45) is 1.39. The Morgan fingerprint density at radius 3 is 2.60 bits per heavy atom. The first-order chi connectivity index (χ1) is 4.74. The molecule has 1 N–H and O–H groups in total. The van der Waals surface area contributed by atoms with Gasteiger partial charge >= 0.3 is 0 Å². The van der Waals surface area contributed by atoms with E-state index in [4.69, 9.17) is 4.74 Å². The fourth-order valence-corrected chi connectivity index (χ4v) is 1.18. The third-order valence-electron chi connectivity index (χ3n) is 2.05. The molecule has 2 unspecified atom stereocenters. The molecule has 0 spiro atoms. The van der Waals surface area contributed by atoms with Crippen molar-refractivity contribution in [2.75, 3.05) is 6.61 Å². The van der Waals surface area contributed by atoms with Crippen LogP contribution in [0.25, 0.3) is 0 Å². The lowest BCUT2D eigenvalue weighted by Crippen LogP contribution is -2.33. The maximum absolute atomic E-state index is 5.46. The molecule has 0 aromatic rings. The molecule has 1 saturated heterocycles. The summed E-state index contributed by atoms with van der Waals surface area (Å²) >= 11 is 0. The molecule has 0 aromatic carbocycles. The molecule has 0 radical (unpaired) electrons. The van der Waals surface area contributed by atoms with Crippen LogP contribution in [0.1, 0.15) is 27.2 Å². The molecule has 2 atom stereocenters. The van der Waals surface area contributed by atoms with E-state index in [1.807, 2.05) is 0 Å². The van der Waals surface area contributed by atoms with Crippen LogP contribution >= 0.6 is 0 Å². The number of ether oxygens (including phenoxy) is 1. The van der Waals surface area contributed by atoms with Gasteiger partial charge in [0.05, 0.1) is 6.61 Å². The van der Waals surface area contributed by atoms with Crippen LogP contribution in [-0.4, -0.2) is 18.9 Å². The second kappa shape index (κ2) is 3.35. The fraction of sp³-hybridized carbons (Fsp3) is 1.00. The van der Waals surface area contributed by atoms with Crippen LogP contribution in [0.2, 0.25) is 0 Å². The molecule has 0 aromatic heterocycles. The van der Waals surface area contributed by atoms with Crippen molar-refractivity contribution < 1.29 is 4.74 Å². The van der Waals surface area contributed by atoms with Crippen molar-refractivity contribution >= 4 is 0 Å². The van der Waals surface area contributed by atoms with Crippen LogP contribution < -0.4 is 5.32 Å². The first kappa shape index (κ1) is 8.02. The van der Waals surface area contributed by atoms with Gasteiger partial charge in [-0.15, -0.1) is 0 Å². The van der Waals surface area contributed by atoms with E-state index in [-0.39, 0.29) is 0 Å². The van der Waals surface area contributed by atoms with Crippen LogP contribution in [-0.2, 0) is 4.74 Å². The minimum absolute atomic E-state index is 0.312. The van der Waals surface area contributed by atoms with E-state index in [1.165, 1.54) is 0 Å². The summed E-state index contributed by atoms with van der Waals surface area (Å²) in [5, 5.41) is 3.42. The molecule has 60 valence electrons. The Hall–Kier alpha value is -0.0800. The Kier molecular flexibility index (Phi) is 2.69. The Morgan fingerprint density at radius 1 is 1.60 bits per heavy atom. The molecule has 2 nitrogen and oxygen atoms in total. The first-order valence-electron chi connectivity index (χ1n) is 4.11. The van der Waals surface area contributed by atoms with Crippen molar-refractivity contribution in [3.8, 4) is 0 Å². The summed E-state index contributed by atoms with van der Waals surface area (Å²) in [5.74, 6) is 0.691. The van der Waals surface area contributed by atoms with Gasteiger partial charge in [-0.3, -0.25) is 5.32 Å². The normalized spacial score (nSPS) is 33.6. The van der Waals surface area contributed by atoms with E-state index in [2.05, 4.69) is 26.1 Å². The Bertz CT molecular complexity index is 103. The van der Waals surface area contributed by atoms with Crippen molar-refractivity contribution in [3.63, 3.8) is 0 Å². The lowest BCUT2D eigenvalue weighted by atomic mass is 10.1. The molecule has 1 rings (SSSR count). The topological polar surface area (TPSA) is 21.3 Å². The number of hydrogen-bond donors (Lipinski definition) is 1. The quantitative estimate of drug-likeness (QED) is 0.630. The van der Waals surface area contributed by atoms with E-state index in [1.54, 1.807) is 0 Å². The van der Waals surface area contributed by atoms with Gasteiger partial charge in [-0.2, -0.15) is 0 Å². The van der Waals surface area contributed by atoms with Gasteiger partial charge in [0.1, 0.15) is 6.23 Å². The second-order valence-corrected chi connectivity index (χ2v) is 3.25. The van der Waals surface area contributed by atoms with Gasteiger partial charge in [0.15, 0.2) is 0 Å². The highest BCUT2D eigenvalue weighted by molar-refractivity contribution is 4.77. The zero-order valence-electron chi connectivity index (χ0n) is 7.05. The number of hydrogen-bond acceptors (Lipinski definition) is 2. The number of rotatable bonds is 2. The van der Waals surface area contributed by atoms with Crippen LogP contribution in [0.4, 0.5) is 0 Å². The van der Waals surface area contributed by atoms with Crippen LogP contribution in [0.5, 0.6) is 0 Å². The van der Waals surface area contributed by atoms with Gasteiger partial charge in [-0.25, -0.2) is 0 Å². The van der Waals surface area contributed by atoms with E-state index in [0.717, 1.165) is 13.0 Å². The van der Waals surface area contributed by atoms with E-state index >= 15 is 0 Å². The van der Waals surface area contributed by atoms with Crippen molar-refractivity contribution in [2.45, 2.75) is 39.5 Å². The number of nitrogens with one attached hydrogen (secondary N) is 1. The minimum atomic E-state index is 0.312. The third kappa shape index (κ3) is 1.70. The largest absolute Gasteiger partial charge is 0.362 e. The molecule has 0 amide bonds. The molecule has 1 heterocycles. The highest BCUT2D eigenvalue weighted by atomic mass is 16.5. The van der Waals surface area contributed by atoms with Gasteiger partial charge in [-0.1, -0.05) is 20.8 Å². The standard InChI is InChI=1S/C8H17NO/c1-4-8-9-7(5-10-8)6(2)3/h6-9H,4-5H2,1-3H3. The molecule has 1 fully saturated rings. The Labute approximate surface area is 63.0 Å². The van der Waals surface area contributed by atoms with Crippen molar-refractivity contribution in [1.29, 1.82) is 0 Å². The maximum Gasteiger partial charge on any atom is 0.108 e. The molecule has 1 aliphatic heterocycles. The summed E-state index contributed by atoms with van der Waals surface area (Å²) in [4.78, 5) is 0. The lowest BCUT2D eigenvalue weighted by Gasteiger charge is -2.13. The summed E-state index contributed by atoms with van der Waals surface area (Å²) in [6.45, 7) is 7.47. The molecule has 0 aliphatic carbocycles. The first-order valence-corrected chi connectivity index (χ1v) is 4.11. The molecule has 0 saturated carbocycles. The smallest absolute Gasteiger partial charge is 0.108 e. The van der Waals surface area contributed by atoms with Crippen molar-refractivity contribution in [3.05, 3.63) is 0 Å². The van der Waals surface area contributed by atoms with Crippen LogP contribution in [0, 0.1) is 5.92 Å². The van der Waals surface area contributed by atoms with E-state index in [0.29, 0.717) is 18.2 Å². The molecule has 0 bridgehead atoms. The average Bonchev–Trinajstić information content (AvgIpc) is 2.34. The van der Waals surface area contributed by atoms with Crippen molar-refractivity contribution in [2.24, 2.45) is 5.92 Å². The molecule has 10 heavy (non-hydrogen) atoms. The molecular weight excluding hydrogens is 126 g/mol. The predicted molar refractivity (Wildman–Crippen MR) is 41.8 cm³/mol. The maximum atomic E-state index is 5.46. The fourth-order valence-electron chi connectivity index (χ4n) is 1.18. The summed E-state index contributed by atoms with van der Waals surface area (Å²) in [6, 6.07) is 0.574. The highest BCUT2D eigenvalue weighted by Crippen LogP contribution is 2.12. The summed E-state index contributed by atoms with van der Waals surface area (Å²) in [7, 11) is 0. The molecule has 1 aliphatic rings. The van der Waals surface area contributed by atoms with Crippen molar-refractivity contribution in [1.82, 2.24) is 5.32 Å². The van der Waals surface area contributed by atoms with Gasteiger partial charge < -0.3 is 4.74 Å². The van der Waals surface area contributed by atoms with Crippen LogP contribution in [0.15, 0.2) is 0 Å². The van der Waals surface area contributed by atoms with Gasteiger partial charge in [0.25, 0.3) is 0 Å². The zero-order chi connectivity index (χ0) is 7.56. The monoisotopic (exact) mass is 143 g/mol. The predicted octanol–water partition coefficient (Wildman–Crippen LogP) is 1.37. The lowest BCUT2D eigenvalue weighted by molar-refractivity contribution is 0.0966. The summed E-state index contributed by atoms with van der Waals surface area (Å²) in [5.41, 5.74) is 0. The average molecular weight is 143 g/mol. The zero-order valence-corrected chi connectivity index (χ0v) is 7.05. The molecule has 2 heteroatoms. The SMILES string of the molecule is CCC1NC(C(C)C)CO1. The van der Waals surface area contributed by atoms with Gasteiger partial charge in [0.2, 0.25) is 0 Å². The Morgan fingerprint density at radius 2 is 2.30 bits per heavy atom. The third-order valence-corrected chi connectivity index (χ3v) is 2.05. The van der Waals surface area contributed by atoms with E-state index < -0.39 is 0 Å². The minimum Gasteiger partial charge on any atom is -0.362 e. The second-order valence-electron chi connectivity index (χ2n) is 3.25. The highest BCUT2D eigenvalue weighted by Gasteiger charge is 2.24. The Balaban J connectivity index is 2.28. The van der Waals surface area contributed by atoms with Gasteiger partial charge in [-0.05, 0) is 12.3 Å². The van der Waals surface area contributed by atoms with Gasteiger partial charge in [0, 0.05) is 6.04 Å². The van der Waals surface area contributed by atoms with E-state index in [9.17, 15) is 0 Å².